The predicted molar refractivity (Wildman–Crippen MR) is 127 cm³/mol. The van der Waals surface area contributed by atoms with Gasteiger partial charge in [-0.2, -0.15) is 0 Å². The maximum Gasteiger partial charge on any atom is 0.0541 e. The number of fused-ring (bicyclic) bond motifs is 3. The highest BCUT2D eigenvalue weighted by atomic mass is 32.2. The highest BCUT2D eigenvalue weighted by molar-refractivity contribution is 8.15. The van der Waals surface area contributed by atoms with Crippen LogP contribution < -0.4 is 4.90 Å². The molecule has 0 bridgehead atoms. The van der Waals surface area contributed by atoms with Crippen LogP contribution in [0.2, 0.25) is 0 Å². The van der Waals surface area contributed by atoms with Crippen molar-refractivity contribution in [2.45, 2.75) is 12.8 Å². The molecule has 0 saturated carbocycles. The van der Waals surface area contributed by atoms with E-state index in [2.05, 4.69) is 90.0 Å². The van der Waals surface area contributed by atoms with Crippen molar-refractivity contribution < 1.29 is 0 Å². The van der Waals surface area contributed by atoms with Crippen molar-refractivity contribution in [3.8, 4) is 0 Å². The summed E-state index contributed by atoms with van der Waals surface area (Å²) < 4.78 is 1.05. The lowest BCUT2D eigenvalue weighted by atomic mass is 9.90. The van der Waals surface area contributed by atoms with Crippen LogP contribution in [0.15, 0.2) is 77.0 Å². The molecule has 2 aliphatic rings. The second kappa shape index (κ2) is 7.23. The Morgan fingerprint density at radius 3 is 2.29 bits per heavy atom. The Kier molecular flexibility index (Phi) is 4.58. The number of benzene rings is 3. The minimum absolute atomic E-state index is 1.05. The maximum absolute atomic E-state index is 4.82. The van der Waals surface area contributed by atoms with Crippen molar-refractivity contribution in [1.29, 1.82) is 0 Å². The van der Waals surface area contributed by atoms with E-state index >= 15 is 0 Å². The van der Waals surface area contributed by atoms with Crippen molar-refractivity contribution in [2.24, 2.45) is 0 Å². The van der Waals surface area contributed by atoms with Gasteiger partial charge in [-0.1, -0.05) is 54.6 Å². The fourth-order valence-electron chi connectivity index (χ4n) is 4.21. The number of thioether (sulfide) groups is 1. The van der Waals surface area contributed by atoms with Gasteiger partial charge in [0.25, 0.3) is 0 Å². The Morgan fingerprint density at radius 2 is 1.61 bits per heavy atom. The zero-order valence-electron chi connectivity index (χ0n) is 15.7. The first-order valence-electron chi connectivity index (χ1n) is 9.53. The topological polar surface area (TPSA) is 3.24 Å². The van der Waals surface area contributed by atoms with Gasteiger partial charge < -0.3 is 4.90 Å². The van der Waals surface area contributed by atoms with Gasteiger partial charge in [0.05, 0.1) is 11.4 Å². The summed E-state index contributed by atoms with van der Waals surface area (Å²) in [6.45, 7) is 0. The molecule has 3 aromatic rings. The fourth-order valence-corrected chi connectivity index (χ4v) is 4.87. The van der Waals surface area contributed by atoms with E-state index in [1.807, 2.05) is 0 Å². The van der Waals surface area contributed by atoms with Crippen LogP contribution in [0.25, 0.3) is 11.6 Å². The first-order valence-corrected chi connectivity index (χ1v) is 11.2. The van der Waals surface area contributed by atoms with E-state index in [4.69, 9.17) is 12.6 Å². The molecule has 3 aromatic carbocycles. The molecule has 1 nitrogen and oxygen atoms in total. The third-order valence-electron chi connectivity index (χ3n) is 5.50. The second-order valence-electron chi connectivity index (χ2n) is 7.08. The Labute approximate surface area is 176 Å². The van der Waals surface area contributed by atoms with Crippen LogP contribution in [0.3, 0.4) is 0 Å². The Balaban J connectivity index is 1.78. The quantitative estimate of drug-likeness (QED) is 0.349. The van der Waals surface area contributed by atoms with Crippen molar-refractivity contribution in [1.82, 2.24) is 0 Å². The van der Waals surface area contributed by atoms with Crippen LogP contribution >= 0.6 is 24.4 Å². The lowest BCUT2D eigenvalue weighted by Crippen LogP contribution is -2.18. The number of hydrogen-bond donors (Lipinski definition) is 1. The van der Waals surface area contributed by atoms with Crippen LogP contribution in [0.1, 0.15) is 28.7 Å². The molecular weight excluding hydrogens is 378 g/mol. The zero-order chi connectivity index (χ0) is 19.1. The molecule has 0 fully saturated rings. The minimum Gasteiger partial charge on any atom is -0.309 e. The number of rotatable bonds is 2. The summed E-state index contributed by atoms with van der Waals surface area (Å²) in [4.78, 5) is 2.40. The number of allylic oxidation sites excluding steroid dienone is 1. The Hall–Kier alpha value is -2.36. The molecule has 0 N–H and O–H groups in total. The average molecular weight is 400 g/mol. The molecule has 1 heterocycles. The highest BCUT2D eigenvalue weighted by Crippen LogP contribution is 2.51. The summed E-state index contributed by atoms with van der Waals surface area (Å²) in [6, 6.07) is 24.2. The van der Waals surface area contributed by atoms with Gasteiger partial charge >= 0.3 is 0 Å². The minimum atomic E-state index is 1.05. The van der Waals surface area contributed by atoms with Crippen molar-refractivity contribution in [3.05, 3.63) is 99.3 Å². The normalized spacial score (nSPS) is 14.4. The Bertz CT molecular complexity index is 1080. The van der Waals surface area contributed by atoms with Crippen LogP contribution in [0.5, 0.6) is 0 Å². The molecule has 0 atom stereocenters. The number of hydrogen-bond acceptors (Lipinski definition) is 3. The van der Waals surface area contributed by atoms with Crippen molar-refractivity contribution in [3.63, 3.8) is 0 Å². The van der Waals surface area contributed by atoms with Gasteiger partial charge in [-0.05, 0) is 54.5 Å². The van der Waals surface area contributed by atoms with Crippen LogP contribution in [0, 0.1) is 0 Å². The fraction of sp³-hybridized carbons (Fsp3) is 0.120. The summed E-state index contributed by atoms with van der Waals surface area (Å²) >= 11 is 6.51. The highest BCUT2D eigenvalue weighted by Gasteiger charge is 2.28. The molecule has 1 aliphatic heterocycles. The van der Waals surface area contributed by atoms with E-state index in [1.54, 1.807) is 11.8 Å². The molecule has 1 aliphatic carbocycles. The molecule has 0 unspecified atom stereocenters. The molecule has 28 heavy (non-hydrogen) atoms. The lowest BCUT2D eigenvalue weighted by molar-refractivity contribution is 0.984. The van der Waals surface area contributed by atoms with Gasteiger partial charge in [0.15, 0.2) is 0 Å². The van der Waals surface area contributed by atoms with Gasteiger partial charge in [0, 0.05) is 26.6 Å². The standard InChI is InChI=1S/C25H21NS2/c1-28-25(27)24-20-10-4-6-12-22(20)26(23-13-7-5-11-21(23)24)19-15-14-17-8-2-3-9-18(17)16-19/h2,4-8,10-16,27H,3,9H2,1H3. The van der Waals surface area contributed by atoms with Crippen molar-refractivity contribution in [2.75, 3.05) is 11.2 Å². The summed E-state index contributed by atoms with van der Waals surface area (Å²) in [7, 11) is 0. The van der Waals surface area contributed by atoms with Crippen LogP contribution in [-0.4, -0.2) is 6.26 Å². The van der Waals surface area contributed by atoms with Crippen LogP contribution in [0.4, 0.5) is 17.1 Å². The molecule has 0 radical (unpaired) electrons. The number of para-hydroxylation sites is 2. The summed E-state index contributed by atoms with van der Waals surface area (Å²) in [5, 5.41) is 0. The first-order chi connectivity index (χ1) is 13.8. The molecule has 0 amide bonds. The smallest absolute Gasteiger partial charge is 0.0541 e. The monoisotopic (exact) mass is 399 g/mol. The first kappa shape index (κ1) is 17.7. The number of thiol groups is 1. The van der Waals surface area contributed by atoms with E-state index in [0.717, 1.165) is 17.1 Å². The van der Waals surface area contributed by atoms with E-state index in [1.165, 1.54) is 44.9 Å². The van der Waals surface area contributed by atoms with Gasteiger partial charge in [-0.3, -0.25) is 0 Å². The summed E-state index contributed by atoms with van der Waals surface area (Å²) in [5.74, 6) is 0. The third-order valence-corrected chi connectivity index (χ3v) is 6.86. The van der Waals surface area contributed by atoms with Gasteiger partial charge in [0.2, 0.25) is 0 Å². The number of anilines is 3. The van der Waals surface area contributed by atoms with E-state index in [-0.39, 0.29) is 0 Å². The molecule has 5 rings (SSSR count). The lowest BCUT2D eigenvalue weighted by Gasteiger charge is -2.35. The average Bonchev–Trinajstić information content (AvgIpc) is 2.76. The maximum atomic E-state index is 4.82. The third kappa shape index (κ3) is 2.81. The summed E-state index contributed by atoms with van der Waals surface area (Å²) in [5.41, 5.74) is 10.1. The van der Waals surface area contributed by atoms with Crippen LogP contribution in [-0.2, 0) is 6.42 Å². The van der Waals surface area contributed by atoms with Gasteiger partial charge in [0.1, 0.15) is 0 Å². The van der Waals surface area contributed by atoms with E-state index < -0.39 is 0 Å². The molecule has 3 heteroatoms. The van der Waals surface area contributed by atoms with E-state index in [9.17, 15) is 0 Å². The number of aryl methyl sites for hydroxylation is 1. The van der Waals surface area contributed by atoms with Crippen molar-refractivity contribution >= 4 is 53.1 Å². The van der Waals surface area contributed by atoms with Gasteiger partial charge in [-0.15, -0.1) is 24.4 Å². The Morgan fingerprint density at radius 1 is 0.929 bits per heavy atom. The molecule has 138 valence electrons. The largest absolute Gasteiger partial charge is 0.309 e. The molecule has 0 aromatic heterocycles. The zero-order valence-corrected chi connectivity index (χ0v) is 17.4. The molecular formula is C25H21NS2. The predicted octanol–water partition coefficient (Wildman–Crippen LogP) is 7.44. The number of nitrogens with zero attached hydrogens (tertiary/aromatic N) is 1. The van der Waals surface area contributed by atoms with E-state index in [0.29, 0.717) is 0 Å². The second-order valence-corrected chi connectivity index (χ2v) is 8.64. The van der Waals surface area contributed by atoms with Gasteiger partial charge in [-0.25, -0.2) is 0 Å². The summed E-state index contributed by atoms with van der Waals surface area (Å²) in [6.07, 6.45) is 8.82. The SMILES string of the molecule is CSC(S)=C1c2ccccc2N(c2ccc3c(c2)CCC=C3)c2ccccc21. The molecule has 0 saturated heterocycles. The molecule has 0 spiro atoms.